The zero-order valence-electron chi connectivity index (χ0n) is 11.3. The van der Waals surface area contributed by atoms with Gasteiger partial charge in [0.2, 0.25) is 0 Å². The lowest BCUT2D eigenvalue weighted by Crippen LogP contribution is -2.13. The van der Waals surface area contributed by atoms with Crippen molar-refractivity contribution in [3.05, 3.63) is 56.2 Å². The van der Waals surface area contributed by atoms with Crippen molar-refractivity contribution >= 4 is 50.7 Å². The van der Waals surface area contributed by atoms with Gasteiger partial charge in [-0.25, -0.2) is 4.98 Å². The van der Waals surface area contributed by atoms with Gasteiger partial charge in [-0.05, 0) is 52.7 Å². The van der Waals surface area contributed by atoms with Gasteiger partial charge in [-0.15, -0.1) is 0 Å². The summed E-state index contributed by atoms with van der Waals surface area (Å²) >= 11 is 15.3. The van der Waals surface area contributed by atoms with Crippen molar-refractivity contribution in [2.45, 2.75) is 19.8 Å². The van der Waals surface area contributed by atoms with Gasteiger partial charge in [0.25, 0.3) is 5.91 Å². The van der Waals surface area contributed by atoms with Crippen LogP contribution in [0.4, 0.5) is 5.69 Å². The van der Waals surface area contributed by atoms with Crippen LogP contribution in [0.3, 0.4) is 0 Å². The number of aromatic nitrogens is 1. The number of carbonyl (C=O) groups excluding carboxylic acids is 1. The number of amides is 1. The Morgan fingerprint density at radius 3 is 2.76 bits per heavy atom. The summed E-state index contributed by atoms with van der Waals surface area (Å²) in [7, 11) is 0. The van der Waals surface area contributed by atoms with Gasteiger partial charge in [-0.2, -0.15) is 0 Å². The minimum atomic E-state index is -0.250. The smallest absolute Gasteiger partial charge is 0.255 e. The van der Waals surface area contributed by atoms with E-state index >= 15 is 0 Å². The van der Waals surface area contributed by atoms with Crippen molar-refractivity contribution in [3.8, 4) is 0 Å². The topological polar surface area (TPSA) is 42.0 Å². The first-order valence-corrected chi connectivity index (χ1v) is 7.97. The van der Waals surface area contributed by atoms with Crippen molar-refractivity contribution in [1.29, 1.82) is 0 Å². The molecule has 1 aromatic heterocycles. The predicted octanol–water partition coefficient (Wildman–Crippen LogP) is 5.36. The van der Waals surface area contributed by atoms with Crippen LogP contribution in [0.25, 0.3) is 0 Å². The summed E-state index contributed by atoms with van der Waals surface area (Å²) in [5.74, 6) is -0.250. The van der Waals surface area contributed by atoms with Gasteiger partial charge in [-0.3, -0.25) is 4.79 Å². The number of nitrogens with zero attached hydrogens (tertiary/aromatic N) is 1. The van der Waals surface area contributed by atoms with Gasteiger partial charge in [0.1, 0.15) is 5.15 Å². The maximum absolute atomic E-state index is 12.3. The van der Waals surface area contributed by atoms with Crippen molar-refractivity contribution in [1.82, 2.24) is 4.98 Å². The lowest BCUT2D eigenvalue weighted by atomic mass is 10.1. The average Bonchev–Trinajstić information content (AvgIpc) is 2.42. The molecule has 110 valence electrons. The summed E-state index contributed by atoms with van der Waals surface area (Å²) in [5, 5.41) is 3.67. The number of pyridine rings is 1. The molecule has 1 aromatic carbocycles. The molecule has 0 atom stereocenters. The Labute approximate surface area is 141 Å². The van der Waals surface area contributed by atoms with Gasteiger partial charge >= 0.3 is 0 Å². The SMILES string of the molecule is CCCc1cc(C(=O)Nc2cc(Cl)ccc2Br)cc(Cl)n1. The number of rotatable bonds is 4. The number of anilines is 1. The highest BCUT2D eigenvalue weighted by Gasteiger charge is 2.11. The Balaban J connectivity index is 2.25. The summed E-state index contributed by atoms with van der Waals surface area (Å²) in [4.78, 5) is 16.5. The van der Waals surface area contributed by atoms with Crippen LogP contribution < -0.4 is 5.32 Å². The standard InChI is InChI=1S/C15H13BrCl2N2O/c1-2-3-11-6-9(7-14(18)19-11)15(21)20-13-8-10(17)4-5-12(13)16/h4-8H,2-3H2,1H3,(H,20,21). The molecule has 2 rings (SSSR count). The van der Waals surface area contributed by atoms with Crippen molar-refractivity contribution in [2.24, 2.45) is 0 Å². The molecule has 1 heterocycles. The van der Waals surface area contributed by atoms with Crippen LogP contribution in [0.15, 0.2) is 34.8 Å². The molecular weight excluding hydrogens is 375 g/mol. The Kier molecular flexibility index (Phi) is 5.62. The highest BCUT2D eigenvalue weighted by atomic mass is 79.9. The number of nitrogens with one attached hydrogen (secondary N) is 1. The molecular formula is C15H13BrCl2N2O. The third-order valence-corrected chi connectivity index (χ3v) is 3.91. The van der Waals surface area contributed by atoms with Crippen LogP contribution in [0, 0.1) is 0 Å². The molecule has 1 N–H and O–H groups in total. The van der Waals surface area contributed by atoms with Crippen LogP contribution in [-0.4, -0.2) is 10.9 Å². The van der Waals surface area contributed by atoms with Crippen LogP contribution in [0.1, 0.15) is 29.4 Å². The maximum atomic E-state index is 12.3. The number of hydrogen-bond donors (Lipinski definition) is 1. The van der Waals surface area contributed by atoms with Gasteiger partial charge in [0.15, 0.2) is 0 Å². The summed E-state index contributed by atoms with van der Waals surface area (Å²) in [6.07, 6.45) is 1.72. The normalized spacial score (nSPS) is 10.5. The van der Waals surface area contributed by atoms with E-state index in [-0.39, 0.29) is 5.91 Å². The van der Waals surface area contributed by atoms with E-state index in [1.165, 1.54) is 0 Å². The number of aryl methyl sites for hydroxylation is 1. The summed E-state index contributed by atoms with van der Waals surface area (Å²) in [5.41, 5.74) is 1.89. The van der Waals surface area contributed by atoms with Crippen LogP contribution >= 0.6 is 39.1 Å². The maximum Gasteiger partial charge on any atom is 0.255 e. The molecule has 2 aromatic rings. The highest BCUT2D eigenvalue weighted by Crippen LogP contribution is 2.26. The second-order valence-electron chi connectivity index (χ2n) is 4.50. The van der Waals surface area contributed by atoms with Crippen LogP contribution in [0.5, 0.6) is 0 Å². The van der Waals surface area contributed by atoms with Crippen molar-refractivity contribution in [2.75, 3.05) is 5.32 Å². The van der Waals surface area contributed by atoms with E-state index in [2.05, 4.69) is 26.2 Å². The molecule has 6 heteroatoms. The molecule has 3 nitrogen and oxygen atoms in total. The minimum Gasteiger partial charge on any atom is -0.321 e. The Morgan fingerprint density at radius 2 is 2.05 bits per heavy atom. The number of halogens is 3. The lowest BCUT2D eigenvalue weighted by Gasteiger charge is -2.09. The first-order valence-electron chi connectivity index (χ1n) is 6.42. The molecule has 21 heavy (non-hydrogen) atoms. The molecule has 0 bridgehead atoms. The highest BCUT2D eigenvalue weighted by molar-refractivity contribution is 9.10. The van der Waals surface area contributed by atoms with Gasteiger partial charge in [-0.1, -0.05) is 36.5 Å². The van der Waals surface area contributed by atoms with Gasteiger partial charge in [0, 0.05) is 20.8 Å². The van der Waals surface area contributed by atoms with E-state index in [1.807, 2.05) is 6.92 Å². The minimum absolute atomic E-state index is 0.250. The van der Waals surface area contributed by atoms with E-state index in [9.17, 15) is 4.79 Å². The zero-order chi connectivity index (χ0) is 15.4. The van der Waals surface area contributed by atoms with E-state index in [4.69, 9.17) is 23.2 Å². The Morgan fingerprint density at radius 1 is 1.29 bits per heavy atom. The quantitative estimate of drug-likeness (QED) is 0.717. The van der Waals surface area contributed by atoms with Gasteiger partial charge < -0.3 is 5.32 Å². The third kappa shape index (κ3) is 4.43. The molecule has 0 saturated heterocycles. The lowest BCUT2D eigenvalue weighted by molar-refractivity contribution is 0.102. The molecule has 0 spiro atoms. The molecule has 0 aliphatic heterocycles. The Hall–Kier alpha value is -1.10. The third-order valence-electron chi connectivity index (χ3n) is 2.79. The van der Waals surface area contributed by atoms with Crippen LogP contribution in [-0.2, 0) is 6.42 Å². The van der Waals surface area contributed by atoms with E-state index in [0.717, 1.165) is 23.0 Å². The zero-order valence-corrected chi connectivity index (χ0v) is 14.4. The summed E-state index contributed by atoms with van der Waals surface area (Å²) < 4.78 is 0.759. The largest absolute Gasteiger partial charge is 0.321 e. The van der Waals surface area contributed by atoms with E-state index < -0.39 is 0 Å². The summed E-state index contributed by atoms with van der Waals surface area (Å²) in [6, 6.07) is 8.50. The molecule has 0 aliphatic rings. The molecule has 0 aliphatic carbocycles. The van der Waals surface area contributed by atoms with Crippen molar-refractivity contribution in [3.63, 3.8) is 0 Å². The summed E-state index contributed by atoms with van der Waals surface area (Å²) in [6.45, 7) is 2.05. The monoisotopic (exact) mass is 386 g/mol. The first kappa shape index (κ1) is 16.3. The van der Waals surface area contributed by atoms with Crippen LogP contribution in [0.2, 0.25) is 10.2 Å². The molecule has 0 unspecified atom stereocenters. The van der Waals surface area contributed by atoms with Gasteiger partial charge in [0.05, 0.1) is 5.69 Å². The predicted molar refractivity (Wildman–Crippen MR) is 90.3 cm³/mol. The fourth-order valence-electron chi connectivity index (χ4n) is 1.85. The fourth-order valence-corrected chi connectivity index (χ4v) is 2.60. The first-order chi connectivity index (χ1) is 9.99. The van der Waals surface area contributed by atoms with E-state index in [1.54, 1.807) is 30.3 Å². The van der Waals surface area contributed by atoms with Crippen molar-refractivity contribution < 1.29 is 4.79 Å². The second-order valence-corrected chi connectivity index (χ2v) is 6.18. The molecule has 0 radical (unpaired) electrons. The average molecular weight is 388 g/mol. The number of hydrogen-bond acceptors (Lipinski definition) is 2. The second kappa shape index (κ2) is 7.25. The molecule has 0 fully saturated rings. The fraction of sp³-hybridized carbons (Fsp3) is 0.200. The molecule has 1 amide bonds. The number of carbonyl (C=O) groups is 1. The van der Waals surface area contributed by atoms with E-state index in [0.29, 0.717) is 21.4 Å². The molecule has 0 saturated carbocycles. The number of benzene rings is 1. The Bertz CT molecular complexity index is 677.